The number of ether oxygens (including phenoxy) is 1. The molecule has 4 heteroatoms. The van der Waals surface area contributed by atoms with Crippen LogP contribution in [0.25, 0.3) is 0 Å². The average Bonchev–Trinajstić information content (AvgIpc) is 1.96. The van der Waals surface area contributed by atoms with Gasteiger partial charge in [-0.3, -0.25) is 0 Å². The first-order valence-electron chi connectivity index (χ1n) is 2.83. The Morgan fingerprint density at radius 2 is 2.18 bits per heavy atom. The Bertz CT molecular complexity index is 277. The van der Waals surface area contributed by atoms with Gasteiger partial charge in [-0.2, -0.15) is 0 Å². The van der Waals surface area contributed by atoms with Crippen LogP contribution in [0.15, 0.2) is 16.6 Å². The number of hydrogen-bond donors (Lipinski definition) is 0. The maximum absolute atomic E-state index is 12.7. The van der Waals surface area contributed by atoms with E-state index in [0.29, 0.717) is 5.75 Å². The molecule has 1 rings (SSSR count). The van der Waals surface area contributed by atoms with Gasteiger partial charge in [-0.15, -0.1) is 0 Å². The van der Waals surface area contributed by atoms with Crippen LogP contribution in [0.4, 0.5) is 4.39 Å². The highest BCUT2D eigenvalue weighted by molar-refractivity contribution is 14.1. The van der Waals surface area contributed by atoms with E-state index in [1.807, 2.05) is 22.6 Å². The fourth-order valence-electron chi connectivity index (χ4n) is 0.681. The van der Waals surface area contributed by atoms with E-state index in [1.54, 1.807) is 0 Å². The van der Waals surface area contributed by atoms with Gasteiger partial charge in [0.05, 0.1) is 11.6 Å². The molecule has 0 radical (unpaired) electrons. The normalized spacial score (nSPS) is 9.82. The lowest BCUT2D eigenvalue weighted by molar-refractivity contribution is 0.408. The number of benzene rings is 1. The molecule has 0 aromatic heterocycles. The summed E-state index contributed by atoms with van der Waals surface area (Å²) in [6, 6.07) is 2.78. The minimum Gasteiger partial charge on any atom is -0.495 e. The van der Waals surface area contributed by atoms with E-state index in [-0.39, 0.29) is 5.82 Å². The molecular weight excluding hydrogens is 326 g/mol. The summed E-state index contributed by atoms with van der Waals surface area (Å²) >= 11 is 5.31. The summed E-state index contributed by atoms with van der Waals surface area (Å²) in [4.78, 5) is 0. The maximum atomic E-state index is 12.7. The van der Waals surface area contributed by atoms with E-state index in [2.05, 4.69) is 15.9 Å². The standard InChI is InChI=1S/C7H5BrFIO/c1-11-6-3-4(9)2-5(10)7(6)8/h2-3H,1H3. The zero-order valence-corrected chi connectivity index (χ0v) is 9.44. The zero-order valence-electron chi connectivity index (χ0n) is 5.70. The molecule has 0 saturated carbocycles. The van der Waals surface area contributed by atoms with Gasteiger partial charge < -0.3 is 4.74 Å². The van der Waals surface area contributed by atoms with Gasteiger partial charge in [0.2, 0.25) is 0 Å². The molecule has 11 heavy (non-hydrogen) atoms. The van der Waals surface area contributed by atoms with E-state index in [0.717, 1.165) is 8.04 Å². The first kappa shape index (κ1) is 9.25. The number of halogens is 3. The third kappa shape index (κ3) is 2.05. The summed E-state index contributed by atoms with van der Waals surface area (Å²) < 4.78 is 19.2. The number of methoxy groups -OCH3 is 1. The Labute approximate surface area is 86.2 Å². The summed E-state index contributed by atoms with van der Waals surface area (Å²) in [6.45, 7) is 0. The second-order valence-electron chi connectivity index (χ2n) is 1.90. The van der Waals surface area contributed by atoms with Crippen molar-refractivity contribution >= 4 is 38.5 Å². The smallest absolute Gasteiger partial charge is 0.137 e. The molecule has 0 atom stereocenters. The fraction of sp³-hybridized carbons (Fsp3) is 0.143. The van der Waals surface area contributed by atoms with Gasteiger partial charge >= 0.3 is 0 Å². The van der Waals surface area contributed by atoms with Gasteiger partial charge in [0.1, 0.15) is 11.6 Å². The second-order valence-corrected chi connectivity index (χ2v) is 3.86. The van der Waals surface area contributed by atoms with Crippen molar-refractivity contribution in [3.8, 4) is 5.75 Å². The lowest BCUT2D eigenvalue weighted by Crippen LogP contribution is -1.88. The molecule has 1 aromatic rings. The van der Waals surface area contributed by atoms with Crippen molar-refractivity contribution in [3.05, 3.63) is 26.0 Å². The highest BCUT2D eigenvalue weighted by Gasteiger charge is 2.05. The van der Waals surface area contributed by atoms with Gasteiger partial charge in [-0.25, -0.2) is 4.39 Å². The Morgan fingerprint density at radius 3 is 2.73 bits per heavy atom. The minimum atomic E-state index is -0.283. The molecule has 0 saturated heterocycles. The van der Waals surface area contributed by atoms with Crippen molar-refractivity contribution in [2.24, 2.45) is 0 Å². The third-order valence-corrected chi connectivity index (χ3v) is 3.59. The van der Waals surface area contributed by atoms with Crippen molar-refractivity contribution in [3.63, 3.8) is 0 Å². The average molecular weight is 331 g/mol. The van der Waals surface area contributed by atoms with Crippen LogP contribution < -0.4 is 4.74 Å². The van der Waals surface area contributed by atoms with Crippen LogP contribution in [-0.2, 0) is 0 Å². The molecule has 60 valence electrons. The molecule has 0 aliphatic rings. The molecular formula is C7H5BrFIO. The summed E-state index contributed by atoms with van der Waals surface area (Å²) in [5, 5.41) is 0. The summed E-state index contributed by atoms with van der Waals surface area (Å²) in [6.07, 6.45) is 0. The lowest BCUT2D eigenvalue weighted by atomic mass is 10.3. The van der Waals surface area contributed by atoms with Gasteiger partial charge in [0.15, 0.2) is 0 Å². The molecule has 0 aliphatic carbocycles. The predicted octanol–water partition coefficient (Wildman–Crippen LogP) is 3.20. The fourth-order valence-corrected chi connectivity index (χ4v) is 1.63. The van der Waals surface area contributed by atoms with Gasteiger partial charge in [-0.1, -0.05) is 0 Å². The topological polar surface area (TPSA) is 9.23 Å². The largest absolute Gasteiger partial charge is 0.495 e. The number of rotatable bonds is 1. The van der Waals surface area contributed by atoms with Crippen LogP contribution in [0, 0.1) is 9.39 Å². The summed E-state index contributed by atoms with van der Waals surface area (Å²) in [7, 11) is 1.51. The van der Waals surface area contributed by atoms with Crippen LogP contribution >= 0.6 is 38.5 Å². The van der Waals surface area contributed by atoms with Crippen LogP contribution in [0.5, 0.6) is 5.75 Å². The molecule has 0 fully saturated rings. The minimum absolute atomic E-state index is 0.283. The van der Waals surface area contributed by atoms with Crippen molar-refractivity contribution in [1.29, 1.82) is 0 Å². The molecule has 0 bridgehead atoms. The van der Waals surface area contributed by atoms with Crippen LogP contribution in [0.1, 0.15) is 0 Å². The molecule has 1 nitrogen and oxygen atoms in total. The van der Waals surface area contributed by atoms with Gasteiger partial charge in [0, 0.05) is 9.64 Å². The van der Waals surface area contributed by atoms with Gasteiger partial charge in [-0.05, 0) is 44.6 Å². The highest BCUT2D eigenvalue weighted by Crippen LogP contribution is 2.30. The van der Waals surface area contributed by atoms with Crippen LogP contribution in [0.2, 0.25) is 0 Å². The van der Waals surface area contributed by atoms with Crippen molar-refractivity contribution in [2.75, 3.05) is 7.11 Å². The third-order valence-electron chi connectivity index (χ3n) is 1.18. The molecule has 1 aromatic carbocycles. The lowest BCUT2D eigenvalue weighted by Gasteiger charge is -2.04. The second kappa shape index (κ2) is 3.71. The van der Waals surface area contributed by atoms with Crippen molar-refractivity contribution in [2.45, 2.75) is 0 Å². The Kier molecular flexibility index (Phi) is 3.12. The molecule has 0 spiro atoms. The summed E-state index contributed by atoms with van der Waals surface area (Å²) in [5.74, 6) is 0.240. The Hall–Kier alpha value is 0.160. The van der Waals surface area contributed by atoms with E-state index < -0.39 is 0 Å². The highest BCUT2D eigenvalue weighted by atomic mass is 127. The van der Waals surface area contributed by atoms with E-state index in [4.69, 9.17) is 4.74 Å². The van der Waals surface area contributed by atoms with Crippen molar-refractivity contribution in [1.82, 2.24) is 0 Å². The Balaban J connectivity index is 3.24. The zero-order chi connectivity index (χ0) is 8.43. The van der Waals surface area contributed by atoms with E-state index >= 15 is 0 Å². The molecule has 0 amide bonds. The predicted molar refractivity (Wildman–Crippen MR) is 53.4 cm³/mol. The monoisotopic (exact) mass is 330 g/mol. The quantitative estimate of drug-likeness (QED) is 0.567. The van der Waals surface area contributed by atoms with Crippen molar-refractivity contribution < 1.29 is 9.13 Å². The van der Waals surface area contributed by atoms with E-state index in [1.165, 1.54) is 19.2 Å². The molecule has 0 unspecified atom stereocenters. The van der Waals surface area contributed by atoms with Crippen LogP contribution in [-0.4, -0.2) is 7.11 Å². The first-order chi connectivity index (χ1) is 5.15. The van der Waals surface area contributed by atoms with E-state index in [9.17, 15) is 4.39 Å². The van der Waals surface area contributed by atoms with Gasteiger partial charge in [0.25, 0.3) is 0 Å². The molecule has 0 aliphatic heterocycles. The first-order valence-corrected chi connectivity index (χ1v) is 4.71. The Morgan fingerprint density at radius 1 is 1.55 bits per heavy atom. The summed E-state index contributed by atoms with van der Waals surface area (Å²) in [5.41, 5.74) is 0. The molecule has 0 N–H and O–H groups in total. The van der Waals surface area contributed by atoms with Crippen LogP contribution in [0.3, 0.4) is 0 Å². The number of hydrogen-bond acceptors (Lipinski definition) is 1. The molecule has 0 heterocycles. The SMILES string of the molecule is COc1cc(F)cc(I)c1Br. The maximum Gasteiger partial charge on any atom is 0.137 e.